The van der Waals surface area contributed by atoms with E-state index in [1.807, 2.05) is 0 Å². The average Bonchev–Trinajstić information content (AvgIpc) is 2.92. The molecule has 2 N–H and O–H groups in total. The molecule has 2 rings (SSSR count). The molecular formula is C21H41N3O4Si2. The molecule has 0 aliphatic carbocycles. The first-order valence-electron chi connectivity index (χ1n) is 10.8. The van der Waals surface area contributed by atoms with Crippen molar-refractivity contribution in [2.75, 3.05) is 12.3 Å². The second-order valence-electron chi connectivity index (χ2n) is 11.4. The molecule has 7 nitrogen and oxygen atoms in total. The minimum Gasteiger partial charge on any atom is -0.414 e. The van der Waals surface area contributed by atoms with Crippen LogP contribution in [0, 0.1) is 0 Å². The molecular weight excluding hydrogens is 414 g/mol. The molecule has 1 aliphatic heterocycles. The Morgan fingerprint density at radius 2 is 1.70 bits per heavy atom. The summed E-state index contributed by atoms with van der Waals surface area (Å²) in [6.45, 7) is 22.7. The van der Waals surface area contributed by atoms with E-state index < -0.39 is 28.6 Å². The van der Waals surface area contributed by atoms with E-state index in [-0.39, 0.29) is 28.1 Å². The highest BCUT2D eigenvalue weighted by Crippen LogP contribution is 2.42. The Morgan fingerprint density at radius 1 is 1.13 bits per heavy atom. The van der Waals surface area contributed by atoms with E-state index in [9.17, 15) is 4.79 Å². The predicted octanol–water partition coefficient (Wildman–Crippen LogP) is 4.53. The molecule has 30 heavy (non-hydrogen) atoms. The second kappa shape index (κ2) is 8.50. The summed E-state index contributed by atoms with van der Waals surface area (Å²) in [6.07, 6.45) is 1.43. The first-order valence-corrected chi connectivity index (χ1v) is 16.6. The average molecular weight is 456 g/mol. The number of rotatable bonds is 6. The highest BCUT2D eigenvalue weighted by molar-refractivity contribution is 6.74. The van der Waals surface area contributed by atoms with Crippen LogP contribution in [0.3, 0.4) is 0 Å². The van der Waals surface area contributed by atoms with E-state index in [0.717, 1.165) is 0 Å². The van der Waals surface area contributed by atoms with Crippen LogP contribution in [-0.2, 0) is 13.6 Å². The van der Waals surface area contributed by atoms with Crippen LogP contribution >= 0.6 is 0 Å². The van der Waals surface area contributed by atoms with Crippen molar-refractivity contribution >= 4 is 22.5 Å². The van der Waals surface area contributed by atoms with Gasteiger partial charge in [0, 0.05) is 12.6 Å². The molecule has 0 amide bonds. The van der Waals surface area contributed by atoms with Crippen molar-refractivity contribution in [1.82, 2.24) is 9.55 Å². The smallest absolute Gasteiger partial charge is 0.351 e. The highest BCUT2D eigenvalue weighted by Gasteiger charge is 2.46. The van der Waals surface area contributed by atoms with E-state index in [0.29, 0.717) is 13.0 Å². The summed E-state index contributed by atoms with van der Waals surface area (Å²) < 4.78 is 21.0. The summed E-state index contributed by atoms with van der Waals surface area (Å²) in [5.41, 5.74) is 5.24. The van der Waals surface area contributed by atoms with Crippen LogP contribution in [-0.4, -0.2) is 45.0 Å². The molecule has 0 radical (unpaired) electrons. The number of nitrogens with zero attached hydrogens (tertiary/aromatic N) is 2. The van der Waals surface area contributed by atoms with Crippen molar-refractivity contribution in [1.29, 1.82) is 0 Å². The van der Waals surface area contributed by atoms with Gasteiger partial charge in [-0.25, -0.2) is 4.79 Å². The van der Waals surface area contributed by atoms with E-state index in [1.54, 1.807) is 12.3 Å². The van der Waals surface area contributed by atoms with Gasteiger partial charge in [-0.3, -0.25) is 4.57 Å². The maximum absolute atomic E-state index is 12.4. The Morgan fingerprint density at radius 3 is 2.20 bits per heavy atom. The van der Waals surface area contributed by atoms with Gasteiger partial charge < -0.3 is 19.3 Å². The molecule has 1 aromatic rings. The topological polar surface area (TPSA) is 88.6 Å². The van der Waals surface area contributed by atoms with Crippen LogP contribution in [0.2, 0.25) is 36.3 Å². The molecule has 9 heteroatoms. The molecule has 0 bridgehead atoms. The zero-order chi connectivity index (χ0) is 23.1. The first-order chi connectivity index (χ1) is 13.4. The molecule has 172 valence electrons. The Labute approximate surface area is 183 Å². The summed E-state index contributed by atoms with van der Waals surface area (Å²) in [4.78, 5) is 16.2. The van der Waals surface area contributed by atoms with Crippen molar-refractivity contribution in [3.63, 3.8) is 0 Å². The third-order valence-electron chi connectivity index (χ3n) is 7.01. The van der Waals surface area contributed by atoms with Gasteiger partial charge in [0.2, 0.25) is 0 Å². The van der Waals surface area contributed by atoms with Crippen LogP contribution in [0.1, 0.15) is 54.2 Å². The van der Waals surface area contributed by atoms with Crippen molar-refractivity contribution in [3.05, 3.63) is 22.7 Å². The van der Waals surface area contributed by atoms with Gasteiger partial charge in [0.05, 0.1) is 12.7 Å². The molecule has 1 aliphatic rings. The molecule has 0 spiro atoms. The number of anilines is 1. The number of nitrogens with two attached hydrogens (primary N) is 1. The third kappa shape index (κ3) is 5.61. The molecule has 3 atom stereocenters. The Kier molecular flexibility index (Phi) is 7.15. The Balaban J connectivity index is 2.27. The fourth-order valence-corrected chi connectivity index (χ4v) is 5.22. The third-order valence-corrected chi connectivity index (χ3v) is 16.0. The maximum atomic E-state index is 12.4. The number of ether oxygens (including phenoxy) is 1. The lowest BCUT2D eigenvalue weighted by Crippen LogP contribution is -2.48. The zero-order valence-electron chi connectivity index (χ0n) is 20.4. The minimum absolute atomic E-state index is 0.0789. The summed E-state index contributed by atoms with van der Waals surface area (Å²) >= 11 is 0. The molecule has 1 aromatic heterocycles. The summed E-state index contributed by atoms with van der Waals surface area (Å²) in [5, 5.41) is 0.189. The summed E-state index contributed by atoms with van der Waals surface area (Å²) in [5.74, 6) is 0.209. The van der Waals surface area contributed by atoms with Gasteiger partial charge in [-0.05, 0) is 42.3 Å². The van der Waals surface area contributed by atoms with Crippen molar-refractivity contribution < 1.29 is 13.6 Å². The Hall–Kier alpha value is -1.01. The van der Waals surface area contributed by atoms with E-state index in [4.69, 9.17) is 19.3 Å². The molecule has 1 saturated heterocycles. The lowest BCUT2D eigenvalue weighted by atomic mass is 10.2. The monoisotopic (exact) mass is 455 g/mol. The number of hydrogen-bond acceptors (Lipinski definition) is 6. The maximum Gasteiger partial charge on any atom is 0.351 e. The van der Waals surface area contributed by atoms with Crippen LogP contribution in [0.25, 0.3) is 0 Å². The Bertz CT molecular complexity index is 797. The largest absolute Gasteiger partial charge is 0.414 e. The zero-order valence-corrected chi connectivity index (χ0v) is 22.4. The number of nitrogen functional groups attached to an aromatic ring is 1. The van der Waals surface area contributed by atoms with Crippen molar-refractivity contribution in [2.24, 2.45) is 0 Å². The van der Waals surface area contributed by atoms with Crippen LogP contribution in [0.15, 0.2) is 17.1 Å². The van der Waals surface area contributed by atoms with Crippen LogP contribution in [0.5, 0.6) is 0 Å². The standard InChI is InChI=1S/C21H41N3O4Si2/c1-20(2,3)29(7,8)26-14-16-15(28-30(9,10)21(4,5)6)13-18(27-16)24-12-11-17(22)23-19(24)25/h11-12,15-16,18H,13-14H2,1-10H3,(H2,22,23,25)/t15-,16-,18-/m1/s1. The van der Waals surface area contributed by atoms with E-state index in [1.165, 1.54) is 4.57 Å². The van der Waals surface area contributed by atoms with E-state index in [2.05, 4.69) is 72.7 Å². The fraction of sp³-hybridized carbons (Fsp3) is 0.810. The van der Waals surface area contributed by atoms with Gasteiger partial charge in [-0.2, -0.15) is 4.98 Å². The van der Waals surface area contributed by atoms with Crippen LogP contribution in [0.4, 0.5) is 5.82 Å². The number of aromatic nitrogens is 2. The molecule has 2 heterocycles. The lowest BCUT2D eigenvalue weighted by molar-refractivity contribution is -0.0411. The SMILES string of the molecule is CC(C)(C)[Si](C)(C)OC[C@H]1O[C@@H](n2ccc(N)nc2=O)C[C@H]1O[Si](C)(C)C(C)(C)C. The predicted molar refractivity (Wildman–Crippen MR) is 127 cm³/mol. The molecule has 0 saturated carbocycles. The van der Waals surface area contributed by atoms with Gasteiger partial charge in [-0.15, -0.1) is 0 Å². The van der Waals surface area contributed by atoms with Gasteiger partial charge in [0.15, 0.2) is 16.6 Å². The summed E-state index contributed by atoms with van der Waals surface area (Å²) in [7, 11) is -3.96. The summed E-state index contributed by atoms with van der Waals surface area (Å²) in [6, 6.07) is 1.62. The van der Waals surface area contributed by atoms with Crippen molar-refractivity contribution in [3.8, 4) is 0 Å². The first kappa shape index (κ1) is 25.3. The van der Waals surface area contributed by atoms with Gasteiger partial charge in [-0.1, -0.05) is 41.5 Å². The fourth-order valence-electron chi connectivity index (χ4n) is 2.85. The van der Waals surface area contributed by atoms with Gasteiger partial charge in [0.1, 0.15) is 18.1 Å². The van der Waals surface area contributed by atoms with Gasteiger partial charge in [0.25, 0.3) is 0 Å². The normalized spacial score (nSPS) is 23.7. The van der Waals surface area contributed by atoms with Crippen LogP contribution < -0.4 is 11.4 Å². The molecule has 0 aromatic carbocycles. The number of hydrogen-bond donors (Lipinski definition) is 1. The van der Waals surface area contributed by atoms with Crippen molar-refractivity contribution in [2.45, 2.75) is 103 Å². The van der Waals surface area contributed by atoms with Gasteiger partial charge >= 0.3 is 5.69 Å². The van der Waals surface area contributed by atoms with E-state index >= 15 is 0 Å². The highest BCUT2D eigenvalue weighted by atomic mass is 28.4. The second-order valence-corrected chi connectivity index (χ2v) is 21.0. The quantitative estimate of drug-likeness (QED) is 0.634. The lowest BCUT2D eigenvalue weighted by Gasteiger charge is -2.40. The molecule has 0 unspecified atom stereocenters. The minimum atomic E-state index is -2.02. The molecule has 1 fully saturated rings.